The zero-order valence-corrected chi connectivity index (χ0v) is 19.9. The molecule has 0 spiro atoms. The highest BCUT2D eigenvalue weighted by Crippen LogP contribution is 2.36. The first-order chi connectivity index (χ1) is 17.5. The van der Waals surface area contributed by atoms with Gasteiger partial charge in [0.1, 0.15) is 17.1 Å². The van der Waals surface area contributed by atoms with Crippen LogP contribution in [-0.4, -0.2) is 86.9 Å². The van der Waals surface area contributed by atoms with Gasteiger partial charge in [-0.05, 0) is 12.1 Å². The number of hydrogen-bond acceptors (Lipinski definition) is 7. The Morgan fingerprint density at radius 2 is 1.68 bits per heavy atom. The van der Waals surface area contributed by atoms with Gasteiger partial charge >= 0.3 is 6.18 Å². The third kappa shape index (κ3) is 4.47. The predicted molar refractivity (Wildman–Crippen MR) is 121 cm³/mol. The van der Waals surface area contributed by atoms with Crippen molar-refractivity contribution in [3.63, 3.8) is 0 Å². The molecule has 3 aromatic rings. The standard InChI is InChI=1S/C23H22F4N8O2/c1-32(2)20(36)15-8-28-22(31-19(15)23(25,26)27)34-11-13-9-33(10-14(13)12-34)21(37)18-16(24)4-3-5-17(18)35-29-6-7-30-35/h3-8,13-14H,9-12H2,1-2H3. The summed E-state index contributed by atoms with van der Waals surface area (Å²) in [4.78, 5) is 38.6. The molecule has 0 saturated carbocycles. The third-order valence-corrected chi connectivity index (χ3v) is 6.58. The second kappa shape index (κ2) is 9.09. The minimum atomic E-state index is -4.83. The summed E-state index contributed by atoms with van der Waals surface area (Å²) in [5.74, 6) is -2.31. The Hall–Kier alpha value is -4.10. The van der Waals surface area contributed by atoms with E-state index in [1.165, 1.54) is 43.4 Å². The highest BCUT2D eigenvalue weighted by molar-refractivity contribution is 5.98. The molecular weight excluding hydrogens is 496 g/mol. The van der Waals surface area contributed by atoms with E-state index in [1.807, 2.05) is 0 Å². The van der Waals surface area contributed by atoms with Crippen molar-refractivity contribution in [1.29, 1.82) is 0 Å². The zero-order valence-electron chi connectivity index (χ0n) is 19.9. The summed E-state index contributed by atoms with van der Waals surface area (Å²) in [6, 6.07) is 4.21. The Labute approximate surface area is 208 Å². The summed E-state index contributed by atoms with van der Waals surface area (Å²) in [7, 11) is 2.70. The number of hydrogen-bond donors (Lipinski definition) is 0. The van der Waals surface area contributed by atoms with Crippen LogP contribution >= 0.6 is 0 Å². The Bertz CT molecular complexity index is 1330. The molecule has 10 nitrogen and oxygen atoms in total. The number of rotatable bonds is 4. The molecule has 2 aliphatic rings. The predicted octanol–water partition coefficient (Wildman–Crippen LogP) is 2.13. The highest BCUT2D eigenvalue weighted by atomic mass is 19.4. The first-order valence-corrected chi connectivity index (χ1v) is 11.4. The summed E-state index contributed by atoms with van der Waals surface area (Å²) < 4.78 is 55.8. The first kappa shape index (κ1) is 24.6. The Kier molecular flexibility index (Phi) is 6.04. The number of aromatic nitrogens is 5. The molecule has 2 aliphatic heterocycles. The van der Waals surface area contributed by atoms with Crippen LogP contribution in [0.2, 0.25) is 0 Å². The molecule has 2 atom stereocenters. The molecule has 37 heavy (non-hydrogen) atoms. The molecule has 0 N–H and O–H groups in total. The van der Waals surface area contributed by atoms with Crippen molar-refractivity contribution < 1.29 is 27.2 Å². The van der Waals surface area contributed by atoms with E-state index < -0.39 is 35.1 Å². The lowest BCUT2D eigenvalue weighted by molar-refractivity contribution is -0.141. The SMILES string of the molecule is CN(C)C(=O)c1cnc(N2CC3CN(C(=O)c4c(F)cccc4-n4nccn4)CC3C2)nc1C(F)(F)F. The van der Waals surface area contributed by atoms with Crippen molar-refractivity contribution in [1.82, 2.24) is 34.8 Å². The maximum absolute atomic E-state index is 14.7. The van der Waals surface area contributed by atoms with Crippen LogP contribution < -0.4 is 4.90 Å². The van der Waals surface area contributed by atoms with Crippen LogP contribution in [-0.2, 0) is 6.18 Å². The van der Waals surface area contributed by atoms with Gasteiger partial charge in [0, 0.05) is 58.3 Å². The molecule has 1 aromatic carbocycles. The van der Waals surface area contributed by atoms with Gasteiger partial charge in [0.25, 0.3) is 11.8 Å². The van der Waals surface area contributed by atoms with Gasteiger partial charge in [-0.2, -0.15) is 28.2 Å². The summed E-state index contributed by atoms with van der Waals surface area (Å²) in [6.07, 6.45) is -1.09. The van der Waals surface area contributed by atoms with E-state index in [-0.39, 0.29) is 29.0 Å². The van der Waals surface area contributed by atoms with Crippen molar-refractivity contribution in [2.75, 3.05) is 45.2 Å². The lowest BCUT2D eigenvalue weighted by Crippen LogP contribution is -2.35. The summed E-state index contributed by atoms with van der Waals surface area (Å²) in [6.45, 7) is 1.22. The Morgan fingerprint density at radius 3 is 2.27 bits per heavy atom. The van der Waals surface area contributed by atoms with E-state index in [9.17, 15) is 27.2 Å². The monoisotopic (exact) mass is 518 g/mol. The average Bonchev–Trinajstić information content (AvgIpc) is 3.59. The van der Waals surface area contributed by atoms with Crippen molar-refractivity contribution in [2.24, 2.45) is 11.8 Å². The van der Waals surface area contributed by atoms with Gasteiger partial charge in [-0.1, -0.05) is 6.07 Å². The molecule has 5 rings (SSSR count). The first-order valence-electron chi connectivity index (χ1n) is 11.4. The fourth-order valence-electron chi connectivity index (χ4n) is 4.85. The van der Waals surface area contributed by atoms with Crippen LogP contribution in [0, 0.1) is 17.7 Å². The average molecular weight is 518 g/mol. The fraction of sp³-hybridized carbons (Fsp3) is 0.391. The minimum Gasteiger partial charge on any atom is -0.345 e. The number of alkyl halides is 3. The number of fused-ring (bicyclic) bond motifs is 1. The third-order valence-electron chi connectivity index (χ3n) is 6.58. The maximum atomic E-state index is 14.7. The van der Waals surface area contributed by atoms with Crippen LogP contribution in [0.5, 0.6) is 0 Å². The van der Waals surface area contributed by atoms with Crippen LogP contribution in [0.1, 0.15) is 26.4 Å². The van der Waals surface area contributed by atoms with Crippen LogP contribution in [0.4, 0.5) is 23.5 Å². The van der Waals surface area contributed by atoms with Gasteiger partial charge in [-0.15, -0.1) is 0 Å². The van der Waals surface area contributed by atoms with Crippen molar-refractivity contribution in [3.8, 4) is 5.69 Å². The van der Waals surface area contributed by atoms with Gasteiger partial charge < -0.3 is 14.7 Å². The minimum absolute atomic E-state index is 0.0666. The lowest BCUT2D eigenvalue weighted by Gasteiger charge is -2.23. The molecule has 2 unspecified atom stereocenters. The normalized spacial score (nSPS) is 19.3. The number of halogens is 4. The number of benzene rings is 1. The van der Waals surface area contributed by atoms with E-state index in [1.54, 1.807) is 15.9 Å². The van der Waals surface area contributed by atoms with E-state index in [0.717, 1.165) is 11.1 Å². The summed E-state index contributed by atoms with van der Waals surface area (Å²) in [5, 5.41) is 7.99. The van der Waals surface area contributed by atoms with Crippen LogP contribution in [0.25, 0.3) is 5.69 Å². The summed E-state index contributed by atoms with van der Waals surface area (Å²) >= 11 is 0. The van der Waals surface area contributed by atoms with Gasteiger partial charge in [0.15, 0.2) is 5.69 Å². The lowest BCUT2D eigenvalue weighted by atomic mass is 10.0. The smallest absolute Gasteiger partial charge is 0.345 e. The Morgan fingerprint density at radius 1 is 1.03 bits per heavy atom. The van der Waals surface area contributed by atoms with Crippen LogP contribution in [0.3, 0.4) is 0 Å². The molecule has 0 bridgehead atoms. The molecule has 14 heteroatoms. The number of carbonyl (C=O) groups is 2. The molecular formula is C23H22F4N8O2. The Balaban J connectivity index is 1.34. The molecule has 4 heterocycles. The molecule has 0 radical (unpaired) electrons. The van der Waals surface area contributed by atoms with Gasteiger partial charge in [0.05, 0.1) is 18.0 Å². The zero-order chi connectivity index (χ0) is 26.5. The molecule has 2 fully saturated rings. The van der Waals surface area contributed by atoms with Crippen molar-refractivity contribution in [3.05, 3.63) is 59.4 Å². The second-order valence-corrected chi connectivity index (χ2v) is 9.22. The molecule has 2 amide bonds. The number of carbonyl (C=O) groups excluding carboxylic acids is 2. The topological polar surface area (TPSA) is 100 Å². The van der Waals surface area contributed by atoms with Crippen molar-refractivity contribution >= 4 is 17.8 Å². The fourth-order valence-corrected chi connectivity index (χ4v) is 4.85. The van der Waals surface area contributed by atoms with Crippen molar-refractivity contribution in [2.45, 2.75) is 6.18 Å². The number of nitrogens with zero attached hydrogens (tertiary/aromatic N) is 8. The number of anilines is 1. The summed E-state index contributed by atoms with van der Waals surface area (Å²) in [5.41, 5.74) is -1.84. The molecule has 0 aliphatic carbocycles. The maximum Gasteiger partial charge on any atom is 0.434 e. The highest BCUT2D eigenvalue weighted by Gasteiger charge is 2.44. The quantitative estimate of drug-likeness (QED) is 0.488. The van der Waals surface area contributed by atoms with E-state index in [2.05, 4.69) is 20.2 Å². The van der Waals surface area contributed by atoms with Gasteiger partial charge in [-0.3, -0.25) is 9.59 Å². The number of amides is 2. The van der Waals surface area contributed by atoms with Gasteiger partial charge in [-0.25, -0.2) is 14.4 Å². The number of likely N-dealkylation sites (tertiary alicyclic amines) is 1. The second-order valence-electron chi connectivity index (χ2n) is 9.22. The van der Waals surface area contributed by atoms with E-state index in [0.29, 0.717) is 26.2 Å². The van der Waals surface area contributed by atoms with E-state index in [4.69, 9.17) is 0 Å². The molecule has 2 aromatic heterocycles. The molecule has 194 valence electrons. The van der Waals surface area contributed by atoms with Gasteiger partial charge in [0.2, 0.25) is 5.95 Å². The molecule has 2 saturated heterocycles. The van der Waals surface area contributed by atoms with E-state index >= 15 is 0 Å². The largest absolute Gasteiger partial charge is 0.434 e. The van der Waals surface area contributed by atoms with Crippen LogP contribution in [0.15, 0.2) is 36.8 Å².